The molecule has 1 aromatic rings. The van der Waals surface area contributed by atoms with Gasteiger partial charge in [-0.05, 0) is 39.3 Å². The van der Waals surface area contributed by atoms with Crippen LogP contribution in [0.25, 0.3) is 0 Å². The number of sulfonamides is 1. The van der Waals surface area contributed by atoms with Gasteiger partial charge in [-0.25, -0.2) is 21.6 Å². The highest BCUT2D eigenvalue weighted by Gasteiger charge is 2.13. The van der Waals surface area contributed by atoms with Crippen LogP contribution in [0.2, 0.25) is 0 Å². The van der Waals surface area contributed by atoms with Crippen molar-refractivity contribution in [2.75, 3.05) is 31.6 Å². The van der Waals surface area contributed by atoms with Crippen molar-refractivity contribution in [3.63, 3.8) is 0 Å². The molecule has 1 rings (SSSR count). The van der Waals surface area contributed by atoms with E-state index in [-0.39, 0.29) is 29.8 Å². The van der Waals surface area contributed by atoms with Crippen LogP contribution in [0.4, 0.5) is 0 Å². The summed E-state index contributed by atoms with van der Waals surface area (Å²) < 4.78 is 49.5. The third kappa shape index (κ3) is 9.73. The first-order chi connectivity index (χ1) is 12.5. The number of aryl methyl sites for hydroxylation is 1. The molecule has 0 spiro atoms. The minimum Gasteiger partial charge on any atom is -0.357 e. The molecule has 0 saturated heterocycles. The van der Waals surface area contributed by atoms with E-state index in [0.29, 0.717) is 18.9 Å². The Bertz CT molecular complexity index is 819. The molecule has 1 aromatic carbocycles. The predicted molar refractivity (Wildman–Crippen MR) is 109 cm³/mol. The third-order valence-corrected chi connectivity index (χ3v) is 6.11. The van der Waals surface area contributed by atoms with Crippen molar-refractivity contribution in [3.8, 4) is 0 Å². The number of hydrogen-bond donors (Lipinski definition) is 3. The molecule has 3 N–H and O–H groups in total. The van der Waals surface area contributed by atoms with Gasteiger partial charge in [-0.1, -0.05) is 17.7 Å². The zero-order chi connectivity index (χ0) is 20.5. The highest BCUT2D eigenvalue weighted by Crippen LogP contribution is 2.09. The van der Waals surface area contributed by atoms with E-state index in [2.05, 4.69) is 20.3 Å². The number of guanidine groups is 1. The molecule has 0 radical (unpaired) electrons. The van der Waals surface area contributed by atoms with Gasteiger partial charge in [0, 0.05) is 25.4 Å². The zero-order valence-corrected chi connectivity index (χ0v) is 18.0. The smallest absolute Gasteiger partial charge is 0.240 e. The molecule has 0 aliphatic heterocycles. The summed E-state index contributed by atoms with van der Waals surface area (Å²) in [5.41, 5.74) is 0.991. The molecule has 10 heteroatoms. The van der Waals surface area contributed by atoms with Crippen LogP contribution in [0.5, 0.6) is 0 Å². The number of nitrogens with one attached hydrogen (secondary N) is 3. The highest BCUT2D eigenvalue weighted by molar-refractivity contribution is 7.90. The Morgan fingerprint density at radius 2 is 1.78 bits per heavy atom. The topological polar surface area (TPSA) is 117 Å². The quantitative estimate of drug-likeness (QED) is 0.292. The van der Waals surface area contributed by atoms with Crippen LogP contribution >= 0.6 is 0 Å². The van der Waals surface area contributed by atoms with Crippen LogP contribution in [0.15, 0.2) is 34.2 Å². The maximum absolute atomic E-state index is 12.2. The molecule has 0 bridgehead atoms. The minimum absolute atomic E-state index is 0.0817. The van der Waals surface area contributed by atoms with Crippen molar-refractivity contribution in [1.82, 2.24) is 15.4 Å². The standard InChI is InChI=1S/C17H30N4O4S2/c1-5-18-17(21-15(3)10-13-26(4,22)23)19-11-12-20-27(24,25)16-8-6-14(2)7-9-16/h6-9,15,20H,5,10-13H2,1-4H3,(H2,18,19,21). The summed E-state index contributed by atoms with van der Waals surface area (Å²) >= 11 is 0. The number of nitrogens with zero attached hydrogens (tertiary/aromatic N) is 1. The Morgan fingerprint density at radius 1 is 1.15 bits per heavy atom. The molecule has 0 heterocycles. The van der Waals surface area contributed by atoms with Gasteiger partial charge in [-0.15, -0.1) is 0 Å². The zero-order valence-electron chi connectivity index (χ0n) is 16.3. The first-order valence-corrected chi connectivity index (χ1v) is 12.4. The van der Waals surface area contributed by atoms with Gasteiger partial charge in [0.15, 0.2) is 5.96 Å². The second kappa shape index (κ2) is 10.6. The fourth-order valence-corrected chi connectivity index (χ4v) is 3.97. The average molecular weight is 419 g/mol. The van der Waals surface area contributed by atoms with Crippen molar-refractivity contribution < 1.29 is 16.8 Å². The Morgan fingerprint density at radius 3 is 2.33 bits per heavy atom. The lowest BCUT2D eigenvalue weighted by molar-refractivity contribution is 0.580. The average Bonchev–Trinajstić information content (AvgIpc) is 2.57. The monoisotopic (exact) mass is 418 g/mol. The largest absolute Gasteiger partial charge is 0.357 e. The fraction of sp³-hybridized carbons (Fsp3) is 0.588. The van der Waals surface area contributed by atoms with E-state index in [1.54, 1.807) is 24.3 Å². The Kier molecular flexibility index (Phi) is 9.20. The second-order valence-corrected chi connectivity index (χ2v) is 10.5. The van der Waals surface area contributed by atoms with E-state index in [0.717, 1.165) is 5.56 Å². The summed E-state index contributed by atoms with van der Waals surface area (Å²) in [6.07, 6.45) is 1.67. The predicted octanol–water partition coefficient (Wildman–Crippen LogP) is 0.652. The maximum Gasteiger partial charge on any atom is 0.240 e. The number of aliphatic imine (C=N–C) groups is 1. The molecule has 8 nitrogen and oxygen atoms in total. The summed E-state index contributed by atoms with van der Waals surface area (Å²) in [5, 5.41) is 6.18. The van der Waals surface area contributed by atoms with Crippen molar-refractivity contribution in [3.05, 3.63) is 29.8 Å². The maximum atomic E-state index is 12.2. The van der Waals surface area contributed by atoms with Gasteiger partial charge in [0.05, 0.1) is 17.2 Å². The fourth-order valence-electron chi connectivity index (χ4n) is 2.16. The number of rotatable bonds is 10. The summed E-state index contributed by atoms with van der Waals surface area (Å²) in [6, 6.07) is 6.54. The van der Waals surface area contributed by atoms with Crippen molar-refractivity contribution >= 4 is 25.8 Å². The van der Waals surface area contributed by atoms with Crippen molar-refractivity contribution in [2.24, 2.45) is 4.99 Å². The Hall–Kier alpha value is -1.65. The van der Waals surface area contributed by atoms with E-state index in [9.17, 15) is 16.8 Å². The molecule has 0 aromatic heterocycles. The van der Waals surface area contributed by atoms with Crippen molar-refractivity contribution in [2.45, 2.75) is 38.1 Å². The molecule has 0 saturated carbocycles. The van der Waals surface area contributed by atoms with Crippen molar-refractivity contribution in [1.29, 1.82) is 0 Å². The van der Waals surface area contributed by atoms with Crippen LogP contribution in [0.1, 0.15) is 25.8 Å². The first kappa shape index (κ1) is 23.4. The molecule has 0 aliphatic carbocycles. The first-order valence-electron chi connectivity index (χ1n) is 8.82. The number of benzene rings is 1. The highest BCUT2D eigenvalue weighted by atomic mass is 32.2. The lowest BCUT2D eigenvalue weighted by Crippen LogP contribution is -2.43. The summed E-state index contributed by atoms with van der Waals surface area (Å²) in [6.45, 7) is 6.73. The molecule has 1 unspecified atom stereocenters. The molecule has 0 aliphatic rings. The van der Waals surface area contributed by atoms with Gasteiger partial charge in [0.25, 0.3) is 0 Å². The van der Waals surface area contributed by atoms with Gasteiger partial charge >= 0.3 is 0 Å². The van der Waals surface area contributed by atoms with Gasteiger partial charge < -0.3 is 10.6 Å². The van der Waals surface area contributed by atoms with E-state index in [1.165, 1.54) is 6.26 Å². The summed E-state index contributed by atoms with van der Waals surface area (Å²) in [4.78, 5) is 4.55. The molecule has 0 amide bonds. The molecule has 154 valence electrons. The summed E-state index contributed by atoms with van der Waals surface area (Å²) in [7, 11) is -6.57. The lowest BCUT2D eigenvalue weighted by Gasteiger charge is -2.17. The SMILES string of the molecule is CCNC(=NCCNS(=O)(=O)c1ccc(C)cc1)NC(C)CCS(C)(=O)=O. The Labute approximate surface area is 162 Å². The molecule has 27 heavy (non-hydrogen) atoms. The van der Waals surface area contributed by atoms with Crippen LogP contribution in [-0.2, 0) is 19.9 Å². The Balaban J connectivity index is 2.56. The van der Waals surface area contributed by atoms with Crippen LogP contribution in [-0.4, -0.2) is 60.5 Å². The number of sulfone groups is 1. The van der Waals surface area contributed by atoms with Crippen LogP contribution in [0.3, 0.4) is 0 Å². The van der Waals surface area contributed by atoms with Gasteiger partial charge in [0.1, 0.15) is 9.84 Å². The lowest BCUT2D eigenvalue weighted by atomic mass is 10.2. The van der Waals surface area contributed by atoms with E-state index < -0.39 is 19.9 Å². The molecule has 1 atom stereocenters. The van der Waals surface area contributed by atoms with Gasteiger partial charge in [-0.3, -0.25) is 4.99 Å². The second-order valence-electron chi connectivity index (χ2n) is 6.44. The van der Waals surface area contributed by atoms with E-state index in [4.69, 9.17) is 0 Å². The van der Waals surface area contributed by atoms with Gasteiger partial charge in [-0.2, -0.15) is 0 Å². The number of hydrogen-bond acceptors (Lipinski definition) is 5. The van der Waals surface area contributed by atoms with Crippen LogP contribution in [0, 0.1) is 6.92 Å². The molecule has 0 fully saturated rings. The molecular formula is C17H30N4O4S2. The normalized spacial score (nSPS) is 14.0. The minimum atomic E-state index is -3.56. The van der Waals surface area contributed by atoms with Crippen LogP contribution < -0.4 is 15.4 Å². The third-order valence-electron chi connectivity index (χ3n) is 3.65. The van der Waals surface area contributed by atoms with E-state index >= 15 is 0 Å². The van der Waals surface area contributed by atoms with Gasteiger partial charge in [0.2, 0.25) is 10.0 Å². The molecular weight excluding hydrogens is 388 g/mol. The van der Waals surface area contributed by atoms with E-state index in [1.807, 2.05) is 20.8 Å². The summed E-state index contributed by atoms with van der Waals surface area (Å²) in [5.74, 6) is 0.615.